The Labute approximate surface area is 157 Å². The van der Waals surface area contributed by atoms with Crippen molar-refractivity contribution >= 4 is 22.7 Å². The molecule has 3 aromatic rings. The average molecular weight is 372 g/mol. The Kier molecular flexibility index (Phi) is 6.08. The van der Waals surface area contributed by atoms with Gasteiger partial charge in [0.05, 0.1) is 16.2 Å². The zero-order valence-corrected chi connectivity index (χ0v) is 16.3. The quantitative estimate of drug-likeness (QED) is 0.329. The molecule has 0 bridgehead atoms. The second-order valence-electron chi connectivity index (χ2n) is 6.35. The molecule has 138 valence electrons. The summed E-state index contributed by atoms with van der Waals surface area (Å²) < 4.78 is 7.32. The van der Waals surface area contributed by atoms with Crippen LogP contribution in [0.3, 0.4) is 0 Å². The predicted molar refractivity (Wildman–Crippen MR) is 103 cm³/mol. The summed E-state index contributed by atoms with van der Waals surface area (Å²) in [7, 11) is 0. The summed E-state index contributed by atoms with van der Waals surface area (Å²) in [6, 6.07) is 7.50. The normalized spacial score (nSPS) is 12.6. The highest BCUT2D eigenvalue weighted by atomic mass is 32.2. The molecule has 2 aromatic heterocycles. The van der Waals surface area contributed by atoms with E-state index in [9.17, 15) is 4.79 Å². The van der Waals surface area contributed by atoms with Gasteiger partial charge in [-0.3, -0.25) is 9.36 Å². The zero-order chi connectivity index (χ0) is 18.5. The molecule has 0 aliphatic rings. The van der Waals surface area contributed by atoms with Gasteiger partial charge in [0.15, 0.2) is 5.16 Å². The minimum Gasteiger partial charge on any atom is -0.424 e. The van der Waals surface area contributed by atoms with E-state index in [4.69, 9.17) is 9.40 Å². The van der Waals surface area contributed by atoms with Crippen LogP contribution in [0.2, 0.25) is 0 Å². The first kappa shape index (κ1) is 18.6. The molecule has 0 N–H and O–H groups in total. The third kappa shape index (κ3) is 4.15. The molecule has 0 fully saturated rings. The van der Waals surface area contributed by atoms with Crippen molar-refractivity contribution in [1.82, 2.24) is 19.7 Å². The molecule has 1 aromatic carbocycles. The van der Waals surface area contributed by atoms with Crippen molar-refractivity contribution in [2.45, 2.75) is 63.4 Å². The van der Waals surface area contributed by atoms with Crippen LogP contribution in [0.4, 0.5) is 0 Å². The van der Waals surface area contributed by atoms with Crippen LogP contribution in [-0.4, -0.2) is 19.7 Å². The highest BCUT2D eigenvalue weighted by Gasteiger charge is 2.19. The molecular weight excluding hydrogens is 348 g/mol. The second-order valence-corrected chi connectivity index (χ2v) is 7.66. The van der Waals surface area contributed by atoms with E-state index < -0.39 is 0 Å². The lowest BCUT2D eigenvalue weighted by atomic mass is 10.2. The van der Waals surface area contributed by atoms with Crippen LogP contribution in [0.25, 0.3) is 10.9 Å². The molecular formula is C19H24N4O2S. The number of benzene rings is 1. The number of unbranched alkanes of at least 4 members (excludes halogenated alkanes) is 3. The van der Waals surface area contributed by atoms with Crippen LogP contribution in [0.15, 0.2) is 38.6 Å². The molecule has 0 unspecified atom stereocenters. The number of aromatic nitrogens is 4. The molecule has 7 heteroatoms. The van der Waals surface area contributed by atoms with Crippen molar-refractivity contribution < 1.29 is 4.42 Å². The fraction of sp³-hybridized carbons (Fsp3) is 0.474. The number of thioether (sulfide) groups is 1. The van der Waals surface area contributed by atoms with Crippen molar-refractivity contribution in [2.24, 2.45) is 0 Å². The third-order valence-corrected chi connectivity index (χ3v) is 5.31. The van der Waals surface area contributed by atoms with Gasteiger partial charge in [0, 0.05) is 13.5 Å². The topological polar surface area (TPSA) is 73.8 Å². The van der Waals surface area contributed by atoms with E-state index in [1.54, 1.807) is 11.5 Å². The van der Waals surface area contributed by atoms with Crippen LogP contribution in [0, 0.1) is 6.92 Å². The van der Waals surface area contributed by atoms with Crippen LogP contribution >= 0.6 is 11.8 Å². The first-order valence-electron chi connectivity index (χ1n) is 9.06. The standard InChI is InChI=1S/C19H24N4O2S/c1-4-5-6-9-12-23-18(24)15-10-7-8-11-16(15)20-19(23)26-13(2)17-22-21-14(3)25-17/h7-8,10-11,13H,4-6,9,12H2,1-3H3/t13-/m1/s1. The Morgan fingerprint density at radius 3 is 2.73 bits per heavy atom. The van der Waals surface area contributed by atoms with Crippen molar-refractivity contribution in [1.29, 1.82) is 0 Å². The summed E-state index contributed by atoms with van der Waals surface area (Å²) in [6.07, 6.45) is 4.42. The number of nitrogens with zero attached hydrogens (tertiary/aromatic N) is 4. The van der Waals surface area contributed by atoms with E-state index in [1.165, 1.54) is 24.6 Å². The summed E-state index contributed by atoms with van der Waals surface area (Å²) in [5.74, 6) is 1.09. The fourth-order valence-corrected chi connectivity index (χ4v) is 3.78. The minimum absolute atomic E-state index is 0.0171. The Morgan fingerprint density at radius 2 is 2.00 bits per heavy atom. The van der Waals surface area contributed by atoms with Crippen molar-refractivity contribution in [3.63, 3.8) is 0 Å². The van der Waals surface area contributed by atoms with Crippen molar-refractivity contribution in [2.75, 3.05) is 0 Å². The molecule has 1 atom stereocenters. The fourth-order valence-electron chi connectivity index (χ4n) is 2.82. The largest absolute Gasteiger partial charge is 0.424 e. The first-order valence-corrected chi connectivity index (χ1v) is 9.94. The van der Waals surface area contributed by atoms with Crippen LogP contribution in [-0.2, 0) is 6.54 Å². The number of fused-ring (bicyclic) bond motifs is 1. The Morgan fingerprint density at radius 1 is 1.19 bits per heavy atom. The Bertz CT molecular complexity index is 935. The number of para-hydroxylation sites is 1. The van der Waals surface area contributed by atoms with Gasteiger partial charge in [0.2, 0.25) is 11.8 Å². The smallest absolute Gasteiger partial charge is 0.262 e. The summed E-state index contributed by atoms with van der Waals surface area (Å²) in [5, 5.41) is 9.27. The molecule has 2 heterocycles. The molecule has 3 rings (SSSR count). The summed E-state index contributed by atoms with van der Waals surface area (Å²) in [5.41, 5.74) is 0.738. The maximum atomic E-state index is 13.0. The highest BCUT2D eigenvalue weighted by molar-refractivity contribution is 7.99. The molecule has 0 radical (unpaired) electrons. The molecule has 0 spiro atoms. The van der Waals surface area contributed by atoms with E-state index in [0.29, 0.717) is 28.9 Å². The third-order valence-electron chi connectivity index (χ3n) is 4.23. The van der Waals surface area contributed by atoms with E-state index in [0.717, 1.165) is 18.4 Å². The molecule has 0 aliphatic carbocycles. The van der Waals surface area contributed by atoms with Crippen molar-refractivity contribution in [3.8, 4) is 0 Å². The number of hydrogen-bond donors (Lipinski definition) is 0. The number of aryl methyl sites for hydroxylation is 1. The van der Waals surface area contributed by atoms with E-state index >= 15 is 0 Å². The zero-order valence-electron chi connectivity index (χ0n) is 15.4. The lowest BCUT2D eigenvalue weighted by molar-refractivity contribution is 0.469. The Balaban J connectivity index is 1.94. The van der Waals surface area contributed by atoms with Gasteiger partial charge in [-0.1, -0.05) is 50.1 Å². The summed E-state index contributed by atoms with van der Waals surface area (Å²) in [6.45, 7) is 6.61. The molecule has 0 saturated heterocycles. The SMILES string of the molecule is CCCCCCn1c(S[C@H](C)c2nnc(C)o2)nc2ccccc2c1=O. The van der Waals surface area contributed by atoms with Gasteiger partial charge >= 0.3 is 0 Å². The second kappa shape index (κ2) is 8.49. The predicted octanol–water partition coefficient (Wildman–Crippen LogP) is 4.52. The van der Waals surface area contributed by atoms with Gasteiger partial charge in [-0.05, 0) is 25.5 Å². The Hall–Kier alpha value is -2.15. The lowest BCUT2D eigenvalue weighted by Gasteiger charge is -2.14. The molecule has 0 amide bonds. The maximum Gasteiger partial charge on any atom is 0.262 e. The van der Waals surface area contributed by atoms with Gasteiger partial charge in [-0.2, -0.15) is 0 Å². The summed E-state index contributed by atoms with van der Waals surface area (Å²) >= 11 is 1.49. The van der Waals surface area contributed by atoms with Crippen molar-refractivity contribution in [3.05, 3.63) is 46.4 Å². The average Bonchev–Trinajstić information content (AvgIpc) is 3.07. The molecule has 6 nitrogen and oxygen atoms in total. The van der Waals surface area contributed by atoms with Gasteiger partial charge < -0.3 is 4.42 Å². The van der Waals surface area contributed by atoms with Crippen LogP contribution in [0.1, 0.15) is 56.6 Å². The van der Waals surface area contributed by atoms with E-state index in [2.05, 4.69) is 17.1 Å². The van der Waals surface area contributed by atoms with E-state index in [-0.39, 0.29) is 10.8 Å². The van der Waals surface area contributed by atoms with E-state index in [1.807, 2.05) is 31.2 Å². The molecule has 0 aliphatic heterocycles. The monoisotopic (exact) mass is 372 g/mol. The first-order chi connectivity index (χ1) is 12.6. The molecule has 0 saturated carbocycles. The van der Waals surface area contributed by atoms with Gasteiger partial charge in [0.25, 0.3) is 5.56 Å². The number of hydrogen-bond acceptors (Lipinski definition) is 6. The van der Waals surface area contributed by atoms with Gasteiger partial charge in [-0.15, -0.1) is 10.2 Å². The van der Waals surface area contributed by atoms with Gasteiger partial charge in [0.1, 0.15) is 0 Å². The lowest BCUT2D eigenvalue weighted by Crippen LogP contribution is -2.23. The van der Waals surface area contributed by atoms with Crippen LogP contribution in [0.5, 0.6) is 0 Å². The summed E-state index contributed by atoms with van der Waals surface area (Å²) in [4.78, 5) is 17.7. The molecule has 26 heavy (non-hydrogen) atoms. The highest BCUT2D eigenvalue weighted by Crippen LogP contribution is 2.33. The maximum absolute atomic E-state index is 13.0. The minimum atomic E-state index is -0.0776. The van der Waals surface area contributed by atoms with Gasteiger partial charge in [-0.25, -0.2) is 4.98 Å². The number of rotatable bonds is 8. The van der Waals surface area contributed by atoms with Crippen LogP contribution < -0.4 is 5.56 Å².